The Morgan fingerprint density at radius 3 is 2.34 bits per heavy atom. The van der Waals surface area contributed by atoms with Gasteiger partial charge in [0.05, 0.1) is 19.6 Å². The number of piperidine rings is 1. The van der Waals surface area contributed by atoms with Crippen molar-refractivity contribution in [1.82, 2.24) is 4.90 Å². The number of Topliss-reactive ketones (excluding diaryl/α,β-unsaturated/α-hetero) is 2. The number of hydrogen-bond acceptors (Lipinski definition) is 10. The second kappa shape index (κ2) is 17.7. The minimum absolute atomic E-state index is 0.0345. The van der Waals surface area contributed by atoms with E-state index in [4.69, 9.17) is 23.7 Å². The van der Waals surface area contributed by atoms with Crippen LogP contribution in [0.15, 0.2) is 43.0 Å². The number of methoxy groups -OCH3 is 2. The van der Waals surface area contributed by atoms with Gasteiger partial charge in [-0.2, -0.15) is 0 Å². The van der Waals surface area contributed by atoms with Gasteiger partial charge in [0.1, 0.15) is 31.2 Å². The molecule has 0 unspecified atom stereocenters. The van der Waals surface area contributed by atoms with Gasteiger partial charge in [-0.3, -0.25) is 14.4 Å². The Balaban J connectivity index is 1.94. The van der Waals surface area contributed by atoms with E-state index in [1.165, 1.54) is 28.1 Å². The Bertz CT molecular complexity index is 1590. The zero-order valence-electron chi connectivity index (χ0n) is 29.3. The zero-order valence-corrected chi connectivity index (χ0v) is 29.3. The fourth-order valence-electron chi connectivity index (χ4n) is 5.29. The Morgan fingerprint density at radius 1 is 1.00 bits per heavy atom. The van der Waals surface area contributed by atoms with Crippen LogP contribution in [0.3, 0.4) is 0 Å². The lowest BCUT2D eigenvalue weighted by Crippen LogP contribution is -2.53. The summed E-state index contributed by atoms with van der Waals surface area (Å²) >= 11 is 0. The summed E-state index contributed by atoms with van der Waals surface area (Å²) in [6, 6.07) is 5.62. The summed E-state index contributed by atoms with van der Waals surface area (Å²) in [4.78, 5) is 65.5. The number of aryl methyl sites for hydroxylation is 1. The van der Waals surface area contributed by atoms with Crippen molar-refractivity contribution in [2.24, 2.45) is 11.3 Å². The predicted molar refractivity (Wildman–Crippen MR) is 178 cm³/mol. The number of halogens is 2. The molecule has 0 N–H and O–H groups in total. The standard InChI is InChI=1S/C37H45F2NO10/c1-8-32(42)49-21-37(4,5)34(43)35(44)40-16-10-9-11-26(40)36(45)50-28(14-12-23-13-15-29(46-6)30(17-23)47-7)25-18-24(38)19-31(33(25)39)48-20-27(41)22(2)3/h8,13,15,17-19,22,26,28H,1,9-12,14,16,20-21H2,2-7H3/t26-,28+/m0/s1. The number of rotatable bonds is 17. The first-order chi connectivity index (χ1) is 23.6. The Morgan fingerprint density at radius 2 is 1.70 bits per heavy atom. The normalized spacial score (nSPS) is 15.1. The lowest BCUT2D eigenvalue weighted by molar-refractivity contribution is -0.165. The summed E-state index contributed by atoms with van der Waals surface area (Å²) in [6.45, 7) is 8.66. The van der Waals surface area contributed by atoms with Crippen LogP contribution in [0.25, 0.3) is 0 Å². The van der Waals surface area contributed by atoms with E-state index < -0.39 is 77.7 Å². The van der Waals surface area contributed by atoms with Gasteiger partial charge in [-0.25, -0.2) is 18.4 Å². The maximum atomic E-state index is 16.0. The molecule has 1 amide bonds. The van der Waals surface area contributed by atoms with Gasteiger partial charge in [-0.1, -0.05) is 26.5 Å². The van der Waals surface area contributed by atoms with Gasteiger partial charge in [-0.15, -0.1) is 0 Å². The number of ether oxygens (including phenoxy) is 5. The summed E-state index contributed by atoms with van der Waals surface area (Å²) < 4.78 is 57.9. The van der Waals surface area contributed by atoms with Crippen molar-refractivity contribution in [2.45, 2.75) is 71.9 Å². The number of benzene rings is 2. The maximum absolute atomic E-state index is 16.0. The van der Waals surface area contributed by atoms with Crippen LogP contribution in [-0.4, -0.2) is 74.3 Å². The highest BCUT2D eigenvalue weighted by Gasteiger charge is 2.42. The molecule has 3 rings (SSSR count). The van der Waals surface area contributed by atoms with E-state index >= 15 is 4.39 Å². The topological polar surface area (TPSA) is 135 Å². The summed E-state index contributed by atoms with van der Waals surface area (Å²) in [7, 11) is 2.95. The molecule has 1 saturated heterocycles. The second-order valence-electron chi connectivity index (χ2n) is 12.9. The minimum atomic E-state index is -1.42. The first-order valence-corrected chi connectivity index (χ1v) is 16.3. The van der Waals surface area contributed by atoms with E-state index in [-0.39, 0.29) is 37.2 Å². The van der Waals surface area contributed by atoms with Gasteiger partial charge in [0.15, 0.2) is 28.8 Å². The molecule has 11 nitrogen and oxygen atoms in total. The molecule has 0 aliphatic carbocycles. The highest BCUT2D eigenvalue weighted by Crippen LogP contribution is 2.35. The molecule has 1 heterocycles. The van der Waals surface area contributed by atoms with Crippen molar-refractivity contribution < 1.29 is 56.4 Å². The van der Waals surface area contributed by atoms with Crippen LogP contribution < -0.4 is 14.2 Å². The summed E-state index contributed by atoms with van der Waals surface area (Å²) in [6.07, 6.45) is 0.924. The van der Waals surface area contributed by atoms with E-state index in [2.05, 4.69) is 6.58 Å². The number of nitrogens with zero attached hydrogens (tertiary/aromatic N) is 1. The van der Waals surface area contributed by atoms with Crippen LogP contribution in [0.5, 0.6) is 17.2 Å². The van der Waals surface area contributed by atoms with Crippen molar-refractivity contribution >= 4 is 29.4 Å². The van der Waals surface area contributed by atoms with Gasteiger partial charge in [0.25, 0.3) is 5.91 Å². The van der Waals surface area contributed by atoms with E-state index in [9.17, 15) is 28.4 Å². The summed E-state index contributed by atoms with van der Waals surface area (Å²) in [5, 5.41) is 0. The summed E-state index contributed by atoms with van der Waals surface area (Å²) in [5.74, 6) is -5.77. The summed E-state index contributed by atoms with van der Waals surface area (Å²) in [5.41, 5.74) is -1.04. The Labute approximate surface area is 290 Å². The Hall–Kier alpha value is -4.81. The SMILES string of the molecule is C=CC(=O)OCC(C)(C)C(=O)C(=O)N1CCCC[C@H]1C(=O)O[C@H](CCc1ccc(OC)c(OC)c1)c1cc(F)cc(OCC(=O)C(C)C)c1F. The first kappa shape index (κ1) is 39.6. The first-order valence-electron chi connectivity index (χ1n) is 16.3. The fraction of sp³-hybridized carbons (Fsp3) is 0.486. The van der Waals surface area contributed by atoms with Crippen molar-refractivity contribution in [1.29, 1.82) is 0 Å². The number of amides is 1. The van der Waals surface area contributed by atoms with E-state index in [1.54, 1.807) is 32.0 Å². The molecule has 272 valence electrons. The van der Waals surface area contributed by atoms with Gasteiger partial charge >= 0.3 is 11.9 Å². The van der Waals surface area contributed by atoms with Crippen molar-refractivity contribution in [3.05, 3.63) is 65.7 Å². The molecular formula is C37H45F2NO10. The number of esters is 2. The number of hydrogen-bond donors (Lipinski definition) is 0. The zero-order chi connectivity index (χ0) is 37.2. The average molecular weight is 702 g/mol. The molecule has 1 fully saturated rings. The van der Waals surface area contributed by atoms with Crippen molar-refractivity contribution in [3.63, 3.8) is 0 Å². The molecule has 50 heavy (non-hydrogen) atoms. The van der Waals surface area contributed by atoms with Gasteiger partial charge in [0.2, 0.25) is 5.78 Å². The van der Waals surface area contributed by atoms with Crippen LogP contribution in [-0.2, 0) is 39.9 Å². The van der Waals surface area contributed by atoms with E-state index in [0.29, 0.717) is 29.9 Å². The molecule has 13 heteroatoms. The maximum Gasteiger partial charge on any atom is 0.330 e. The third-order valence-corrected chi connectivity index (χ3v) is 8.38. The molecule has 0 saturated carbocycles. The third kappa shape index (κ3) is 10.1. The predicted octanol–water partition coefficient (Wildman–Crippen LogP) is 5.51. The molecule has 0 radical (unpaired) electrons. The fourth-order valence-corrected chi connectivity index (χ4v) is 5.29. The van der Waals surface area contributed by atoms with Crippen LogP contribution in [0.2, 0.25) is 0 Å². The largest absolute Gasteiger partial charge is 0.493 e. The van der Waals surface area contributed by atoms with Crippen molar-refractivity contribution in [2.75, 3.05) is 34.0 Å². The van der Waals surface area contributed by atoms with Gasteiger partial charge in [0, 0.05) is 30.2 Å². The monoisotopic (exact) mass is 701 g/mol. The number of carbonyl (C=O) groups excluding carboxylic acids is 5. The quantitative estimate of drug-likeness (QED) is 0.118. The smallest absolute Gasteiger partial charge is 0.330 e. The second-order valence-corrected chi connectivity index (χ2v) is 12.9. The van der Waals surface area contributed by atoms with Crippen LogP contribution in [0.4, 0.5) is 8.78 Å². The molecule has 1 aliphatic heterocycles. The van der Waals surface area contributed by atoms with Crippen molar-refractivity contribution in [3.8, 4) is 17.2 Å². The molecule has 2 aromatic carbocycles. The molecule has 0 bridgehead atoms. The molecule has 2 atom stereocenters. The number of carbonyl (C=O) groups is 5. The minimum Gasteiger partial charge on any atom is -0.493 e. The van der Waals surface area contributed by atoms with E-state index in [0.717, 1.165) is 23.1 Å². The molecule has 0 aromatic heterocycles. The number of likely N-dealkylation sites (tertiary alicyclic amines) is 1. The van der Waals surface area contributed by atoms with E-state index in [1.807, 2.05) is 0 Å². The third-order valence-electron chi connectivity index (χ3n) is 8.38. The lowest BCUT2D eigenvalue weighted by atomic mass is 9.87. The average Bonchev–Trinajstić information content (AvgIpc) is 3.11. The van der Waals surface area contributed by atoms with Crippen LogP contribution >= 0.6 is 0 Å². The Kier molecular flexibility index (Phi) is 14.0. The van der Waals surface area contributed by atoms with Crippen LogP contribution in [0.1, 0.15) is 70.6 Å². The highest BCUT2D eigenvalue weighted by molar-refractivity contribution is 6.38. The lowest BCUT2D eigenvalue weighted by Gasteiger charge is -2.36. The molecule has 1 aliphatic rings. The highest BCUT2D eigenvalue weighted by atomic mass is 19.1. The van der Waals surface area contributed by atoms with Gasteiger partial charge < -0.3 is 28.6 Å². The molecule has 0 spiro atoms. The molecule has 2 aromatic rings. The molecular weight excluding hydrogens is 656 g/mol. The number of ketones is 2. The van der Waals surface area contributed by atoms with Gasteiger partial charge in [-0.05, 0) is 69.7 Å². The van der Waals surface area contributed by atoms with Crippen LogP contribution in [0, 0.1) is 23.0 Å².